The zero-order valence-corrected chi connectivity index (χ0v) is 16.6. The van der Waals surface area contributed by atoms with E-state index in [4.69, 9.17) is 17.0 Å². The Labute approximate surface area is 165 Å². The van der Waals surface area contributed by atoms with E-state index in [2.05, 4.69) is 32.1 Å². The fraction of sp³-hybridized carbons (Fsp3) is 0.167. The summed E-state index contributed by atoms with van der Waals surface area (Å²) in [6, 6.07) is 13.7. The molecule has 136 valence electrons. The molecule has 2 aromatic carbocycles. The number of halogens is 1. The number of nitrogens with one attached hydrogen (secondary N) is 3. The van der Waals surface area contributed by atoms with Gasteiger partial charge >= 0.3 is 0 Å². The van der Waals surface area contributed by atoms with Gasteiger partial charge in [0.2, 0.25) is 0 Å². The quantitative estimate of drug-likeness (QED) is 0.507. The fourth-order valence-corrected chi connectivity index (χ4v) is 2.62. The van der Waals surface area contributed by atoms with Gasteiger partial charge in [-0.05, 0) is 72.3 Å². The van der Waals surface area contributed by atoms with Crippen molar-refractivity contribution >= 4 is 45.1 Å². The molecule has 2 aromatic rings. The molecule has 0 saturated heterocycles. The van der Waals surface area contributed by atoms with Gasteiger partial charge in [-0.3, -0.25) is 25.8 Å². The number of benzene rings is 2. The summed E-state index contributed by atoms with van der Waals surface area (Å²) < 4.78 is 6.21. The van der Waals surface area contributed by atoms with E-state index in [1.165, 1.54) is 0 Å². The first-order valence-corrected chi connectivity index (χ1v) is 9.00. The average Bonchev–Trinajstić information content (AvgIpc) is 2.59. The molecule has 26 heavy (non-hydrogen) atoms. The Balaban J connectivity index is 1.90. The van der Waals surface area contributed by atoms with Gasteiger partial charge in [0.25, 0.3) is 11.8 Å². The van der Waals surface area contributed by atoms with Crippen LogP contribution in [0, 0.1) is 0 Å². The predicted molar refractivity (Wildman–Crippen MR) is 107 cm³/mol. The molecular weight excluding hydrogens is 418 g/mol. The summed E-state index contributed by atoms with van der Waals surface area (Å²) in [5.41, 5.74) is 5.77. The van der Waals surface area contributed by atoms with Crippen LogP contribution < -0.4 is 20.9 Å². The molecule has 6 nitrogen and oxygen atoms in total. The van der Waals surface area contributed by atoms with Crippen molar-refractivity contribution in [3.8, 4) is 5.75 Å². The molecule has 0 fully saturated rings. The SMILES string of the molecule is CC(C)Oc1cccc(C(=O)NC(=S)NNC(=O)c2ccccc2Br)c1. The number of amides is 2. The van der Waals surface area contributed by atoms with Crippen LogP contribution in [0.3, 0.4) is 0 Å². The standard InChI is InChI=1S/C18H18BrN3O3S/c1-11(2)25-13-7-5-6-12(10-13)16(23)20-18(26)22-21-17(24)14-8-3-4-9-15(14)19/h3-11H,1-2H3,(H,21,24)(H2,20,22,23,26). The zero-order chi connectivity index (χ0) is 19.1. The molecule has 0 aliphatic heterocycles. The number of carbonyl (C=O) groups excluding carboxylic acids is 2. The van der Waals surface area contributed by atoms with Crippen LogP contribution in [0.25, 0.3) is 0 Å². The molecule has 0 aliphatic rings. The highest BCUT2D eigenvalue weighted by Crippen LogP contribution is 2.16. The second-order valence-electron chi connectivity index (χ2n) is 5.54. The molecule has 0 unspecified atom stereocenters. The lowest BCUT2D eigenvalue weighted by Gasteiger charge is -2.13. The maximum Gasteiger partial charge on any atom is 0.270 e. The van der Waals surface area contributed by atoms with E-state index >= 15 is 0 Å². The van der Waals surface area contributed by atoms with Crippen molar-refractivity contribution in [3.05, 3.63) is 64.1 Å². The molecule has 8 heteroatoms. The van der Waals surface area contributed by atoms with Gasteiger partial charge in [-0.2, -0.15) is 0 Å². The van der Waals surface area contributed by atoms with Crippen molar-refractivity contribution in [2.75, 3.05) is 0 Å². The van der Waals surface area contributed by atoms with Crippen molar-refractivity contribution in [2.45, 2.75) is 20.0 Å². The van der Waals surface area contributed by atoms with Gasteiger partial charge < -0.3 is 4.74 Å². The number of carbonyl (C=O) groups is 2. The minimum atomic E-state index is -0.410. The fourth-order valence-electron chi connectivity index (χ4n) is 2.02. The second kappa shape index (κ2) is 9.30. The predicted octanol–water partition coefficient (Wildman–Crippen LogP) is 3.19. The number of hydrogen-bond acceptors (Lipinski definition) is 4. The summed E-state index contributed by atoms with van der Waals surface area (Å²) in [7, 11) is 0. The number of thiocarbonyl (C=S) groups is 1. The van der Waals surface area contributed by atoms with Crippen LogP contribution in [0.5, 0.6) is 5.75 Å². The minimum Gasteiger partial charge on any atom is -0.491 e. The van der Waals surface area contributed by atoms with Crippen LogP contribution in [0.15, 0.2) is 53.0 Å². The number of rotatable bonds is 4. The Bertz CT molecular complexity index is 827. The Morgan fingerprint density at radius 1 is 1.04 bits per heavy atom. The van der Waals surface area contributed by atoms with Crippen LogP contribution in [0.2, 0.25) is 0 Å². The van der Waals surface area contributed by atoms with Gasteiger partial charge in [-0.25, -0.2) is 0 Å². The summed E-state index contributed by atoms with van der Waals surface area (Å²) >= 11 is 8.33. The Hall–Kier alpha value is -2.45. The van der Waals surface area contributed by atoms with E-state index in [0.717, 1.165) is 0 Å². The normalized spacial score (nSPS) is 10.2. The van der Waals surface area contributed by atoms with Gasteiger partial charge in [-0.15, -0.1) is 0 Å². The maximum absolute atomic E-state index is 12.2. The van der Waals surface area contributed by atoms with Gasteiger partial charge in [0, 0.05) is 10.0 Å². The molecule has 0 aromatic heterocycles. The first-order chi connectivity index (χ1) is 12.4. The highest BCUT2D eigenvalue weighted by Gasteiger charge is 2.12. The van der Waals surface area contributed by atoms with E-state index in [1.54, 1.807) is 48.5 Å². The van der Waals surface area contributed by atoms with Crippen molar-refractivity contribution < 1.29 is 14.3 Å². The van der Waals surface area contributed by atoms with Crippen LogP contribution in [0.1, 0.15) is 34.6 Å². The number of hydrogen-bond donors (Lipinski definition) is 3. The van der Waals surface area contributed by atoms with Crippen LogP contribution in [-0.2, 0) is 0 Å². The number of hydrazine groups is 1. The van der Waals surface area contributed by atoms with Gasteiger partial charge in [0.05, 0.1) is 11.7 Å². The molecule has 2 rings (SSSR count). The van der Waals surface area contributed by atoms with Gasteiger partial charge in [0.15, 0.2) is 5.11 Å². The van der Waals surface area contributed by atoms with Crippen molar-refractivity contribution in [2.24, 2.45) is 0 Å². The topological polar surface area (TPSA) is 79.5 Å². The zero-order valence-electron chi connectivity index (χ0n) is 14.2. The largest absolute Gasteiger partial charge is 0.491 e. The van der Waals surface area contributed by atoms with Crippen molar-refractivity contribution in [1.82, 2.24) is 16.2 Å². The summed E-state index contributed by atoms with van der Waals surface area (Å²) in [5.74, 6) is -0.206. The summed E-state index contributed by atoms with van der Waals surface area (Å²) in [6.45, 7) is 3.80. The van der Waals surface area contributed by atoms with E-state index in [0.29, 0.717) is 21.3 Å². The van der Waals surface area contributed by atoms with Gasteiger partial charge in [0.1, 0.15) is 5.75 Å². The van der Waals surface area contributed by atoms with E-state index < -0.39 is 5.91 Å². The lowest BCUT2D eigenvalue weighted by atomic mass is 10.2. The molecule has 0 spiro atoms. The molecule has 0 heterocycles. The molecule has 0 saturated carbocycles. The Morgan fingerprint density at radius 3 is 2.46 bits per heavy atom. The summed E-state index contributed by atoms with van der Waals surface area (Å²) in [5, 5.41) is 2.47. The monoisotopic (exact) mass is 435 g/mol. The van der Waals surface area contributed by atoms with Crippen molar-refractivity contribution in [1.29, 1.82) is 0 Å². The van der Waals surface area contributed by atoms with E-state index in [-0.39, 0.29) is 17.1 Å². The second-order valence-corrected chi connectivity index (χ2v) is 6.80. The van der Waals surface area contributed by atoms with E-state index in [1.807, 2.05) is 13.8 Å². The third kappa shape index (κ3) is 5.82. The molecule has 0 aliphatic carbocycles. The number of ether oxygens (including phenoxy) is 1. The smallest absolute Gasteiger partial charge is 0.270 e. The summed E-state index contributed by atoms with van der Waals surface area (Å²) in [6.07, 6.45) is 0.00331. The molecule has 0 atom stereocenters. The Kier molecular flexibility index (Phi) is 7.11. The minimum absolute atomic E-state index is 0.00331. The molecular formula is C18H18BrN3O3S. The third-order valence-electron chi connectivity index (χ3n) is 3.10. The molecule has 0 radical (unpaired) electrons. The first kappa shape index (κ1) is 19.9. The van der Waals surface area contributed by atoms with Crippen LogP contribution in [0.4, 0.5) is 0 Å². The first-order valence-electron chi connectivity index (χ1n) is 7.79. The lowest BCUT2D eigenvalue weighted by Crippen LogP contribution is -2.48. The summed E-state index contributed by atoms with van der Waals surface area (Å²) in [4.78, 5) is 24.3. The third-order valence-corrected chi connectivity index (χ3v) is 4.00. The average molecular weight is 436 g/mol. The van der Waals surface area contributed by atoms with Gasteiger partial charge in [-0.1, -0.05) is 18.2 Å². The van der Waals surface area contributed by atoms with Crippen LogP contribution >= 0.6 is 28.1 Å². The molecule has 0 bridgehead atoms. The maximum atomic E-state index is 12.2. The highest BCUT2D eigenvalue weighted by molar-refractivity contribution is 9.10. The Morgan fingerprint density at radius 2 is 1.77 bits per heavy atom. The van der Waals surface area contributed by atoms with Crippen molar-refractivity contribution in [3.63, 3.8) is 0 Å². The molecule has 3 N–H and O–H groups in total. The van der Waals surface area contributed by atoms with Crippen LogP contribution in [-0.4, -0.2) is 23.0 Å². The molecule has 2 amide bonds. The van der Waals surface area contributed by atoms with E-state index in [9.17, 15) is 9.59 Å². The lowest BCUT2D eigenvalue weighted by molar-refractivity contribution is 0.0934. The highest BCUT2D eigenvalue weighted by atomic mass is 79.9.